The topological polar surface area (TPSA) is 102 Å². The number of carbonyl (C=O) groups excluding carboxylic acids is 2. The summed E-state index contributed by atoms with van der Waals surface area (Å²) in [7, 11) is 3.75. The third kappa shape index (κ3) is 5.26. The molecule has 4 atom stereocenters. The Labute approximate surface area is 201 Å². The van der Waals surface area contributed by atoms with Crippen LogP contribution in [0.15, 0.2) is 24.3 Å². The van der Waals surface area contributed by atoms with Crippen LogP contribution in [0.25, 0.3) is 0 Å². The Morgan fingerprint density at radius 2 is 1.91 bits per heavy atom. The third-order valence-corrected chi connectivity index (χ3v) is 7.68. The van der Waals surface area contributed by atoms with Crippen molar-refractivity contribution >= 4 is 17.8 Å². The molecule has 0 radical (unpaired) electrons. The molecule has 1 aromatic rings. The lowest BCUT2D eigenvalue weighted by atomic mass is 10.0. The summed E-state index contributed by atoms with van der Waals surface area (Å²) in [5, 5.41) is 12.2. The lowest BCUT2D eigenvalue weighted by Crippen LogP contribution is -2.49. The Balaban J connectivity index is 1.36. The average Bonchev–Trinajstić information content (AvgIpc) is 3.43. The predicted octanol–water partition coefficient (Wildman–Crippen LogP) is 1.18. The van der Waals surface area contributed by atoms with Gasteiger partial charge in [0.15, 0.2) is 0 Å². The van der Waals surface area contributed by atoms with Crippen molar-refractivity contribution in [3.05, 3.63) is 35.4 Å². The van der Waals surface area contributed by atoms with E-state index in [-0.39, 0.29) is 41.5 Å². The molecular formula is C25H36N4O5. The zero-order chi connectivity index (χ0) is 24.2. The zero-order valence-electron chi connectivity index (χ0n) is 20.1. The molecule has 3 fully saturated rings. The van der Waals surface area contributed by atoms with Crippen molar-refractivity contribution in [2.24, 2.45) is 0 Å². The number of methoxy groups -OCH3 is 1. The minimum absolute atomic E-state index is 0.0324. The van der Waals surface area contributed by atoms with Gasteiger partial charge in [0, 0.05) is 51.8 Å². The zero-order valence-corrected chi connectivity index (χ0v) is 20.1. The monoisotopic (exact) mass is 472 g/mol. The molecule has 186 valence electrons. The fourth-order valence-electron chi connectivity index (χ4n) is 5.78. The second-order valence-corrected chi connectivity index (χ2v) is 9.72. The number of rotatable bonds is 8. The van der Waals surface area contributed by atoms with Crippen LogP contribution in [0, 0.1) is 0 Å². The van der Waals surface area contributed by atoms with Crippen LogP contribution in [0.4, 0.5) is 0 Å². The molecule has 0 aliphatic carbocycles. The first-order chi connectivity index (χ1) is 16.4. The molecule has 4 unspecified atom stereocenters. The molecule has 3 aliphatic heterocycles. The fraction of sp³-hybridized carbons (Fsp3) is 0.640. The second kappa shape index (κ2) is 10.8. The minimum Gasteiger partial charge on any atom is -0.478 e. The van der Waals surface area contributed by atoms with Crippen molar-refractivity contribution < 1.29 is 24.2 Å². The number of nitrogens with zero attached hydrogens (tertiary/aromatic N) is 3. The van der Waals surface area contributed by atoms with Crippen molar-refractivity contribution in [1.29, 1.82) is 0 Å². The first-order valence-corrected chi connectivity index (χ1v) is 12.2. The highest BCUT2D eigenvalue weighted by Gasteiger charge is 2.45. The molecule has 1 aromatic carbocycles. The van der Waals surface area contributed by atoms with E-state index < -0.39 is 5.97 Å². The minimum atomic E-state index is -0.943. The number of carbonyl (C=O) groups is 3. The summed E-state index contributed by atoms with van der Waals surface area (Å²) in [5.74, 6) is -0.732. The number of likely N-dealkylation sites (N-methyl/N-ethyl adjacent to an activating group) is 1. The highest BCUT2D eigenvalue weighted by atomic mass is 16.5. The van der Waals surface area contributed by atoms with Crippen LogP contribution in [-0.2, 0) is 20.9 Å². The summed E-state index contributed by atoms with van der Waals surface area (Å²) >= 11 is 0. The largest absolute Gasteiger partial charge is 0.478 e. The maximum absolute atomic E-state index is 13.0. The first-order valence-electron chi connectivity index (χ1n) is 12.2. The summed E-state index contributed by atoms with van der Waals surface area (Å²) in [6.07, 6.45) is 4.09. The Morgan fingerprint density at radius 1 is 1.15 bits per heavy atom. The fourth-order valence-corrected chi connectivity index (χ4v) is 5.78. The number of ether oxygens (including phenoxy) is 1. The van der Waals surface area contributed by atoms with Gasteiger partial charge < -0.3 is 20.1 Å². The van der Waals surface area contributed by atoms with Crippen LogP contribution in [-0.4, -0.2) is 102 Å². The summed E-state index contributed by atoms with van der Waals surface area (Å²) in [4.78, 5) is 43.5. The molecular weight excluding hydrogens is 436 g/mol. The normalized spacial score (nSPS) is 27.9. The number of carboxylic acid groups (broad SMARTS) is 1. The number of likely N-dealkylation sites (tertiary alicyclic amines) is 2. The quantitative estimate of drug-likeness (QED) is 0.586. The van der Waals surface area contributed by atoms with Crippen molar-refractivity contribution in [3.63, 3.8) is 0 Å². The van der Waals surface area contributed by atoms with Crippen LogP contribution in [0.5, 0.6) is 0 Å². The number of fused-ring (bicyclic) bond motifs is 1. The van der Waals surface area contributed by atoms with Crippen LogP contribution in [0.2, 0.25) is 0 Å². The molecule has 3 heterocycles. The maximum atomic E-state index is 13.0. The number of aromatic carboxylic acids is 1. The van der Waals surface area contributed by atoms with Crippen molar-refractivity contribution in [3.8, 4) is 0 Å². The first kappa shape index (κ1) is 24.6. The molecule has 9 heteroatoms. The number of nitrogens with one attached hydrogen (secondary N) is 1. The van der Waals surface area contributed by atoms with Crippen LogP contribution in [0.3, 0.4) is 0 Å². The number of hydrogen-bond donors (Lipinski definition) is 2. The third-order valence-electron chi connectivity index (χ3n) is 7.68. The highest BCUT2D eigenvalue weighted by Crippen LogP contribution is 2.29. The Bertz CT molecular complexity index is 892. The van der Waals surface area contributed by atoms with Gasteiger partial charge in [0.2, 0.25) is 11.8 Å². The lowest BCUT2D eigenvalue weighted by Gasteiger charge is -2.33. The van der Waals surface area contributed by atoms with E-state index in [4.69, 9.17) is 9.84 Å². The Morgan fingerprint density at radius 3 is 2.62 bits per heavy atom. The van der Waals surface area contributed by atoms with Gasteiger partial charge in [-0.1, -0.05) is 12.1 Å². The van der Waals surface area contributed by atoms with Gasteiger partial charge in [-0.15, -0.1) is 0 Å². The number of carboxylic acids is 1. The van der Waals surface area contributed by atoms with Crippen LogP contribution in [0.1, 0.15) is 48.0 Å². The van der Waals surface area contributed by atoms with E-state index in [1.807, 2.05) is 17.0 Å². The molecule has 2 N–H and O–H groups in total. The van der Waals surface area contributed by atoms with E-state index in [2.05, 4.69) is 22.2 Å². The van der Waals surface area contributed by atoms with E-state index in [9.17, 15) is 14.4 Å². The molecule has 4 rings (SSSR count). The van der Waals surface area contributed by atoms with Crippen molar-refractivity contribution in [2.75, 3.05) is 40.4 Å². The molecule has 9 nitrogen and oxygen atoms in total. The van der Waals surface area contributed by atoms with Gasteiger partial charge >= 0.3 is 5.97 Å². The second-order valence-electron chi connectivity index (χ2n) is 9.72. The van der Waals surface area contributed by atoms with Gasteiger partial charge in [0.25, 0.3) is 0 Å². The highest BCUT2D eigenvalue weighted by molar-refractivity contribution is 5.87. The van der Waals surface area contributed by atoms with Gasteiger partial charge in [-0.2, -0.15) is 0 Å². The van der Waals surface area contributed by atoms with E-state index >= 15 is 0 Å². The summed E-state index contributed by atoms with van der Waals surface area (Å²) < 4.78 is 5.28. The smallest absolute Gasteiger partial charge is 0.335 e. The standard InChI is InChI=1S/C25H36N4O5/c1-27-19(9-10-22(30)29-12-3-4-20(29)16-34-2)14-26-24(31)23-21(27)11-13-28(23)15-17-5-7-18(8-6-17)25(32)33/h5-8,19-21,23H,3-4,9-16H2,1-2H3,(H,26,31)(H,32,33). The van der Waals surface area contributed by atoms with Gasteiger partial charge in [-0.25, -0.2) is 4.79 Å². The maximum Gasteiger partial charge on any atom is 0.335 e. The molecule has 0 spiro atoms. The summed E-state index contributed by atoms with van der Waals surface area (Å²) in [5.41, 5.74) is 1.25. The Kier molecular flexibility index (Phi) is 7.85. The van der Waals surface area contributed by atoms with E-state index in [0.717, 1.165) is 37.9 Å². The average molecular weight is 473 g/mol. The SMILES string of the molecule is COCC1CCCN1C(=O)CCC1CNC(=O)C2C(CCN2Cc2ccc(C(=O)O)cc2)N1C. The van der Waals surface area contributed by atoms with E-state index in [1.54, 1.807) is 19.2 Å². The predicted molar refractivity (Wildman–Crippen MR) is 126 cm³/mol. The van der Waals surface area contributed by atoms with Crippen molar-refractivity contribution in [1.82, 2.24) is 20.0 Å². The van der Waals surface area contributed by atoms with E-state index in [1.165, 1.54) is 0 Å². The number of hydrogen-bond acceptors (Lipinski definition) is 6. The molecule has 0 saturated carbocycles. The molecule has 34 heavy (non-hydrogen) atoms. The number of amides is 2. The van der Waals surface area contributed by atoms with Gasteiger partial charge in [-0.05, 0) is 50.4 Å². The van der Waals surface area contributed by atoms with Gasteiger partial charge in [0.1, 0.15) is 6.04 Å². The molecule has 3 saturated heterocycles. The van der Waals surface area contributed by atoms with Crippen LogP contribution >= 0.6 is 0 Å². The number of benzene rings is 1. The van der Waals surface area contributed by atoms with E-state index in [0.29, 0.717) is 32.5 Å². The summed E-state index contributed by atoms with van der Waals surface area (Å²) in [6, 6.07) is 6.98. The van der Waals surface area contributed by atoms with Gasteiger partial charge in [-0.3, -0.25) is 19.4 Å². The molecule has 3 aliphatic rings. The van der Waals surface area contributed by atoms with Crippen molar-refractivity contribution in [2.45, 2.75) is 62.8 Å². The Hall–Kier alpha value is -2.49. The molecule has 0 aromatic heterocycles. The van der Waals surface area contributed by atoms with Gasteiger partial charge in [0.05, 0.1) is 18.2 Å². The summed E-state index contributed by atoms with van der Waals surface area (Å²) in [6.45, 7) is 3.33. The molecule has 0 bridgehead atoms. The lowest BCUT2D eigenvalue weighted by molar-refractivity contribution is -0.133. The van der Waals surface area contributed by atoms with Crippen LogP contribution < -0.4 is 5.32 Å². The molecule has 2 amide bonds.